The maximum absolute atomic E-state index is 12.0. The van der Waals surface area contributed by atoms with Crippen molar-refractivity contribution in [2.45, 2.75) is 13.5 Å². The van der Waals surface area contributed by atoms with Crippen LogP contribution >= 0.6 is 0 Å². The van der Waals surface area contributed by atoms with Gasteiger partial charge in [-0.15, -0.1) is 0 Å². The number of hydrogen-bond donors (Lipinski definition) is 1. The van der Waals surface area contributed by atoms with Gasteiger partial charge >= 0.3 is 0 Å². The van der Waals surface area contributed by atoms with E-state index >= 15 is 0 Å². The van der Waals surface area contributed by atoms with Crippen LogP contribution in [0.25, 0.3) is 6.08 Å². The highest BCUT2D eigenvalue weighted by atomic mass is 16.5. The van der Waals surface area contributed by atoms with Crippen molar-refractivity contribution in [1.82, 2.24) is 5.32 Å². The smallest absolute Gasteiger partial charge is 0.244 e. The minimum atomic E-state index is -0.165. The van der Waals surface area contributed by atoms with Gasteiger partial charge in [0.05, 0.1) is 13.7 Å². The molecule has 1 amide bonds. The Hall–Kier alpha value is -2.75. The van der Waals surface area contributed by atoms with Crippen LogP contribution in [0.3, 0.4) is 0 Å². The zero-order valence-electron chi connectivity index (χ0n) is 13.4. The molecule has 0 aliphatic rings. The van der Waals surface area contributed by atoms with Crippen molar-refractivity contribution >= 4 is 12.0 Å². The molecule has 0 unspecified atom stereocenters. The number of amides is 1. The van der Waals surface area contributed by atoms with Crippen LogP contribution in [-0.4, -0.2) is 19.6 Å². The Bertz CT molecular complexity index is 680. The van der Waals surface area contributed by atoms with Gasteiger partial charge in [-0.05, 0) is 25.1 Å². The Balaban J connectivity index is 1.97. The van der Waals surface area contributed by atoms with Crippen molar-refractivity contribution in [3.63, 3.8) is 0 Å². The molecule has 2 aromatic carbocycles. The maximum atomic E-state index is 12.0. The van der Waals surface area contributed by atoms with Gasteiger partial charge in [0.15, 0.2) is 0 Å². The third kappa shape index (κ3) is 4.88. The zero-order chi connectivity index (χ0) is 16.5. The Morgan fingerprint density at radius 1 is 1.09 bits per heavy atom. The van der Waals surface area contributed by atoms with Crippen LogP contribution in [0.1, 0.15) is 18.1 Å². The highest BCUT2D eigenvalue weighted by molar-refractivity contribution is 5.92. The van der Waals surface area contributed by atoms with Crippen molar-refractivity contribution in [3.8, 4) is 11.5 Å². The number of ether oxygens (including phenoxy) is 2. The Morgan fingerprint density at radius 2 is 1.78 bits per heavy atom. The average Bonchev–Trinajstić information content (AvgIpc) is 2.59. The molecule has 0 bridgehead atoms. The lowest BCUT2D eigenvalue weighted by Crippen LogP contribution is -2.20. The van der Waals surface area contributed by atoms with Gasteiger partial charge in [-0.25, -0.2) is 0 Å². The van der Waals surface area contributed by atoms with Gasteiger partial charge in [-0.3, -0.25) is 4.79 Å². The number of benzene rings is 2. The summed E-state index contributed by atoms with van der Waals surface area (Å²) < 4.78 is 10.8. The molecule has 0 atom stereocenters. The molecular formula is C19H21NO3. The van der Waals surface area contributed by atoms with Gasteiger partial charge in [-0.1, -0.05) is 36.4 Å². The van der Waals surface area contributed by atoms with Gasteiger partial charge in [0, 0.05) is 23.7 Å². The van der Waals surface area contributed by atoms with Crippen molar-refractivity contribution in [2.24, 2.45) is 0 Å². The molecule has 0 heterocycles. The zero-order valence-corrected chi connectivity index (χ0v) is 13.4. The molecule has 0 saturated heterocycles. The van der Waals surface area contributed by atoms with Gasteiger partial charge in [0.25, 0.3) is 0 Å². The van der Waals surface area contributed by atoms with Gasteiger partial charge in [-0.2, -0.15) is 0 Å². The molecule has 23 heavy (non-hydrogen) atoms. The predicted molar refractivity (Wildman–Crippen MR) is 91.5 cm³/mol. The van der Waals surface area contributed by atoms with Gasteiger partial charge < -0.3 is 14.8 Å². The van der Waals surface area contributed by atoms with Crippen molar-refractivity contribution in [1.29, 1.82) is 0 Å². The molecule has 4 nitrogen and oxygen atoms in total. The number of nitrogens with one attached hydrogen (secondary N) is 1. The molecule has 0 spiro atoms. The van der Waals surface area contributed by atoms with E-state index in [0.29, 0.717) is 13.2 Å². The fourth-order valence-corrected chi connectivity index (χ4v) is 2.16. The average molecular weight is 311 g/mol. The van der Waals surface area contributed by atoms with Crippen LogP contribution in [0.15, 0.2) is 54.6 Å². The van der Waals surface area contributed by atoms with E-state index in [0.717, 1.165) is 22.6 Å². The van der Waals surface area contributed by atoms with E-state index in [-0.39, 0.29) is 5.91 Å². The molecule has 120 valence electrons. The molecule has 2 aromatic rings. The van der Waals surface area contributed by atoms with E-state index in [9.17, 15) is 4.79 Å². The normalized spacial score (nSPS) is 10.5. The Morgan fingerprint density at radius 3 is 2.52 bits per heavy atom. The second kappa shape index (κ2) is 8.63. The number of carbonyl (C=O) groups excluding carboxylic acids is 1. The molecule has 0 fully saturated rings. The summed E-state index contributed by atoms with van der Waals surface area (Å²) in [5.41, 5.74) is 1.81. The molecule has 0 aliphatic heterocycles. The SMILES string of the molecule is CCOc1ccccc1/C=C/C(=O)NCc1ccccc1OC. The third-order valence-corrected chi connectivity index (χ3v) is 3.28. The van der Waals surface area contributed by atoms with Gasteiger partial charge in [0.1, 0.15) is 11.5 Å². The second-order valence-corrected chi connectivity index (χ2v) is 4.83. The van der Waals surface area contributed by atoms with E-state index < -0.39 is 0 Å². The molecule has 4 heteroatoms. The van der Waals surface area contributed by atoms with Crippen LogP contribution in [0.5, 0.6) is 11.5 Å². The van der Waals surface area contributed by atoms with E-state index in [2.05, 4.69) is 5.32 Å². The van der Waals surface area contributed by atoms with Gasteiger partial charge in [0.2, 0.25) is 5.91 Å². The summed E-state index contributed by atoms with van der Waals surface area (Å²) in [6, 6.07) is 15.2. The standard InChI is InChI=1S/C19H21NO3/c1-3-23-18-11-7-4-8-15(18)12-13-19(21)20-14-16-9-5-6-10-17(16)22-2/h4-13H,3,14H2,1-2H3,(H,20,21)/b13-12+. The lowest BCUT2D eigenvalue weighted by atomic mass is 10.2. The van der Waals surface area contributed by atoms with Crippen molar-refractivity contribution < 1.29 is 14.3 Å². The molecule has 0 aliphatic carbocycles. The Kier molecular flexibility index (Phi) is 6.24. The van der Waals surface area contributed by atoms with Crippen molar-refractivity contribution in [3.05, 3.63) is 65.7 Å². The number of rotatable bonds is 7. The van der Waals surface area contributed by atoms with Crippen LogP contribution in [0.2, 0.25) is 0 Å². The van der Waals surface area contributed by atoms with Crippen LogP contribution in [-0.2, 0) is 11.3 Å². The molecule has 1 N–H and O–H groups in total. The summed E-state index contributed by atoms with van der Waals surface area (Å²) in [6.45, 7) is 2.94. The highest BCUT2D eigenvalue weighted by Crippen LogP contribution is 2.19. The molecule has 0 radical (unpaired) electrons. The van der Waals surface area contributed by atoms with Crippen LogP contribution < -0.4 is 14.8 Å². The molecular weight excluding hydrogens is 290 g/mol. The second-order valence-electron chi connectivity index (χ2n) is 4.83. The molecule has 0 saturated carbocycles. The summed E-state index contributed by atoms with van der Waals surface area (Å²) in [5, 5.41) is 2.85. The Labute approximate surface area is 136 Å². The van der Waals surface area contributed by atoms with Crippen molar-refractivity contribution in [2.75, 3.05) is 13.7 Å². The highest BCUT2D eigenvalue weighted by Gasteiger charge is 2.03. The largest absolute Gasteiger partial charge is 0.496 e. The minimum Gasteiger partial charge on any atom is -0.496 e. The number of hydrogen-bond acceptors (Lipinski definition) is 3. The third-order valence-electron chi connectivity index (χ3n) is 3.28. The van der Waals surface area contributed by atoms with E-state index in [1.54, 1.807) is 13.2 Å². The molecule has 2 rings (SSSR count). The van der Waals surface area contributed by atoms with E-state index in [1.807, 2.05) is 55.5 Å². The lowest BCUT2D eigenvalue weighted by molar-refractivity contribution is -0.116. The van der Waals surface area contributed by atoms with Crippen LogP contribution in [0.4, 0.5) is 0 Å². The fraction of sp³-hybridized carbons (Fsp3) is 0.211. The first-order valence-electron chi connectivity index (χ1n) is 7.54. The minimum absolute atomic E-state index is 0.165. The quantitative estimate of drug-likeness (QED) is 0.797. The first-order chi connectivity index (χ1) is 11.2. The van der Waals surface area contributed by atoms with Crippen LogP contribution in [0, 0.1) is 0 Å². The molecule has 0 aromatic heterocycles. The van der Waals surface area contributed by atoms with E-state index in [4.69, 9.17) is 9.47 Å². The summed E-state index contributed by atoms with van der Waals surface area (Å²) in [6.07, 6.45) is 3.26. The maximum Gasteiger partial charge on any atom is 0.244 e. The number of methoxy groups -OCH3 is 1. The summed E-state index contributed by atoms with van der Waals surface area (Å²) in [5.74, 6) is 1.37. The summed E-state index contributed by atoms with van der Waals surface area (Å²) in [7, 11) is 1.62. The first kappa shape index (κ1) is 16.6. The summed E-state index contributed by atoms with van der Waals surface area (Å²) in [4.78, 5) is 12.0. The fourth-order valence-electron chi connectivity index (χ4n) is 2.16. The topological polar surface area (TPSA) is 47.6 Å². The number of para-hydroxylation sites is 2. The number of carbonyl (C=O) groups is 1. The predicted octanol–water partition coefficient (Wildman–Crippen LogP) is 3.42. The van der Waals surface area contributed by atoms with E-state index in [1.165, 1.54) is 6.08 Å². The lowest BCUT2D eigenvalue weighted by Gasteiger charge is -2.08. The monoisotopic (exact) mass is 311 g/mol. The summed E-state index contributed by atoms with van der Waals surface area (Å²) >= 11 is 0. The first-order valence-corrected chi connectivity index (χ1v) is 7.54.